The second kappa shape index (κ2) is 4.28. The molecule has 2 heterocycles. The Labute approximate surface area is 100 Å². The lowest BCUT2D eigenvalue weighted by molar-refractivity contribution is -0.150. The molecule has 1 unspecified atom stereocenters. The number of thioether (sulfide) groups is 1. The fraction of sp³-hybridized carbons (Fsp3) is 0.818. The molecule has 16 heavy (non-hydrogen) atoms. The van der Waals surface area contributed by atoms with Crippen molar-refractivity contribution < 1.29 is 9.59 Å². The molecule has 2 rings (SSSR count). The van der Waals surface area contributed by atoms with E-state index in [0.29, 0.717) is 0 Å². The van der Waals surface area contributed by atoms with Crippen LogP contribution in [-0.2, 0) is 9.59 Å². The Balaban J connectivity index is 2.12. The van der Waals surface area contributed by atoms with Crippen molar-refractivity contribution in [2.75, 3.05) is 18.1 Å². The molecule has 0 radical (unpaired) electrons. The molecule has 0 spiro atoms. The van der Waals surface area contributed by atoms with Crippen LogP contribution in [0.5, 0.6) is 0 Å². The number of nitrogens with zero attached hydrogens (tertiary/aromatic N) is 1. The lowest BCUT2D eigenvalue weighted by atomic mass is 9.98. The predicted molar refractivity (Wildman–Crippen MR) is 64.3 cm³/mol. The first-order valence-electron chi connectivity index (χ1n) is 5.70. The van der Waals surface area contributed by atoms with E-state index in [-0.39, 0.29) is 24.4 Å². The summed E-state index contributed by atoms with van der Waals surface area (Å²) in [4.78, 5) is 25.5. The first kappa shape index (κ1) is 11.8. The van der Waals surface area contributed by atoms with Crippen LogP contribution >= 0.6 is 11.8 Å². The molecule has 4 nitrogen and oxygen atoms in total. The average molecular weight is 242 g/mol. The van der Waals surface area contributed by atoms with Gasteiger partial charge in [-0.25, -0.2) is 0 Å². The fourth-order valence-corrected chi connectivity index (χ4v) is 3.45. The number of hydrogen-bond acceptors (Lipinski definition) is 3. The molecule has 90 valence electrons. The number of piperazine rings is 1. The summed E-state index contributed by atoms with van der Waals surface area (Å²) in [5.74, 6) is 2.16. The highest BCUT2D eigenvalue weighted by Gasteiger charge is 2.41. The number of hydrogen-bond donors (Lipinski definition) is 1. The Hall–Kier alpha value is -0.710. The molecule has 0 aromatic rings. The largest absolute Gasteiger partial charge is 0.341 e. The van der Waals surface area contributed by atoms with Gasteiger partial charge in [-0.3, -0.25) is 9.59 Å². The van der Waals surface area contributed by atoms with Crippen LogP contribution in [0.1, 0.15) is 26.7 Å². The summed E-state index contributed by atoms with van der Waals surface area (Å²) >= 11 is 1.87. The van der Waals surface area contributed by atoms with Crippen molar-refractivity contribution >= 4 is 23.6 Å². The molecule has 0 bridgehead atoms. The molecule has 2 aliphatic heterocycles. The average Bonchev–Trinajstić information content (AvgIpc) is 2.24. The third-order valence-corrected chi connectivity index (χ3v) is 4.34. The van der Waals surface area contributed by atoms with E-state index in [0.717, 1.165) is 18.6 Å². The van der Waals surface area contributed by atoms with E-state index in [1.54, 1.807) is 18.7 Å². The maximum absolute atomic E-state index is 12.2. The number of nitrogens with one attached hydrogen (secondary N) is 1. The van der Waals surface area contributed by atoms with Gasteiger partial charge in [0.15, 0.2) is 0 Å². The Bertz CT molecular complexity index is 311. The van der Waals surface area contributed by atoms with Gasteiger partial charge < -0.3 is 10.2 Å². The Morgan fingerprint density at radius 2 is 2.19 bits per heavy atom. The molecule has 0 aliphatic carbocycles. The standard InChI is InChI=1S/C11H18N2O2S/c1-11(2)10(15)13(6-9(14)12-11)8-4-3-5-16-7-8/h8H,3-7H2,1-2H3,(H,12,14). The van der Waals surface area contributed by atoms with E-state index < -0.39 is 5.54 Å². The van der Waals surface area contributed by atoms with Crippen LogP contribution < -0.4 is 5.32 Å². The molecule has 2 amide bonds. The molecule has 0 aromatic carbocycles. The van der Waals surface area contributed by atoms with Crippen LogP contribution in [0, 0.1) is 0 Å². The molecular weight excluding hydrogens is 224 g/mol. The first-order chi connectivity index (χ1) is 7.50. The zero-order chi connectivity index (χ0) is 11.8. The predicted octanol–water partition coefficient (Wildman–Crippen LogP) is 0.619. The van der Waals surface area contributed by atoms with Crippen molar-refractivity contribution in [2.24, 2.45) is 0 Å². The third-order valence-electron chi connectivity index (χ3n) is 3.14. The van der Waals surface area contributed by atoms with Gasteiger partial charge in [-0.1, -0.05) is 0 Å². The molecule has 2 saturated heterocycles. The van der Waals surface area contributed by atoms with E-state index in [1.807, 2.05) is 11.8 Å². The number of amides is 2. The van der Waals surface area contributed by atoms with E-state index in [9.17, 15) is 9.59 Å². The van der Waals surface area contributed by atoms with Gasteiger partial charge in [0.1, 0.15) is 5.54 Å². The van der Waals surface area contributed by atoms with E-state index >= 15 is 0 Å². The highest BCUT2D eigenvalue weighted by Crippen LogP contribution is 2.25. The zero-order valence-corrected chi connectivity index (χ0v) is 10.6. The summed E-state index contributed by atoms with van der Waals surface area (Å²) < 4.78 is 0. The molecule has 5 heteroatoms. The van der Waals surface area contributed by atoms with E-state index in [4.69, 9.17) is 0 Å². The van der Waals surface area contributed by atoms with Crippen molar-refractivity contribution in [3.8, 4) is 0 Å². The lowest BCUT2D eigenvalue weighted by Crippen LogP contribution is -2.66. The van der Waals surface area contributed by atoms with Gasteiger partial charge in [-0.05, 0) is 32.4 Å². The molecule has 1 N–H and O–H groups in total. The van der Waals surface area contributed by atoms with Crippen molar-refractivity contribution in [3.63, 3.8) is 0 Å². The zero-order valence-electron chi connectivity index (χ0n) is 9.78. The summed E-state index contributed by atoms with van der Waals surface area (Å²) in [7, 11) is 0. The highest BCUT2D eigenvalue weighted by atomic mass is 32.2. The van der Waals surface area contributed by atoms with Crippen molar-refractivity contribution in [3.05, 3.63) is 0 Å². The smallest absolute Gasteiger partial charge is 0.248 e. The normalized spacial score (nSPS) is 30.1. The molecule has 0 aromatic heterocycles. The van der Waals surface area contributed by atoms with Gasteiger partial charge >= 0.3 is 0 Å². The molecule has 0 saturated carbocycles. The second-order valence-electron chi connectivity index (χ2n) is 4.98. The maximum Gasteiger partial charge on any atom is 0.248 e. The van der Waals surface area contributed by atoms with Crippen molar-refractivity contribution in [1.29, 1.82) is 0 Å². The fourth-order valence-electron chi connectivity index (χ4n) is 2.29. The Kier molecular flexibility index (Phi) is 3.15. The minimum atomic E-state index is -0.739. The third kappa shape index (κ3) is 2.19. The topological polar surface area (TPSA) is 49.4 Å². The van der Waals surface area contributed by atoms with Crippen LogP contribution in [0.3, 0.4) is 0 Å². The van der Waals surface area contributed by atoms with Crippen molar-refractivity contribution in [2.45, 2.75) is 38.3 Å². The number of rotatable bonds is 1. The van der Waals surface area contributed by atoms with Crippen LogP contribution in [0.15, 0.2) is 0 Å². The second-order valence-corrected chi connectivity index (χ2v) is 6.13. The minimum absolute atomic E-state index is 0.0415. The van der Waals surface area contributed by atoms with Crippen molar-refractivity contribution in [1.82, 2.24) is 10.2 Å². The summed E-state index contributed by atoms with van der Waals surface area (Å²) in [6.45, 7) is 3.78. The Morgan fingerprint density at radius 3 is 2.81 bits per heavy atom. The van der Waals surface area contributed by atoms with Gasteiger partial charge in [-0.15, -0.1) is 0 Å². The molecule has 1 atom stereocenters. The van der Waals surface area contributed by atoms with Gasteiger partial charge in [-0.2, -0.15) is 11.8 Å². The molecular formula is C11H18N2O2S. The lowest BCUT2D eigenvalue weighted by Gasteiger charge is -2.42. The Morgan fingerprint density at radius 1 is 1.44 bits per heavy atom. The summed E-state index contributed by atoms with van der Waals surface area (Å²) in [6, 6.07) is 0.247. The monoisotopic (exact) mass is 242 g/mol. The van der Waals surface area contributed by atoms with Gasteiger partial charge in [0.05, 0.1) is 6.54 Å². The first-order valence-corrected chi connectivity index (χ1v) is 6.86. The summed E-state index contributed by atoms with van der Waals surface area (Å²) in [6.07, 6.45) is 2.17. The van der Waals surface area contributed by atoms with Crippen LogP contribution in [0.25, 0.3) is 0 Å². The van der Waals surface area contributed by atoms with Crippen LogP contribution in [0.2, 0.25) is 0 Å². The quantitative estimate of drug-likeness (QED) is 0.733. The summed E-state index contributed by atoms with van der Waals surface area (Å²) in [5, 5.41) is 2.74. The number of carbonyl (C=O) groups excluding carboxylic acids is 2. The van der Waals surface area contributed by atoms with Crippen LogP contribution in [0.4, 0.5) is 0 Å². The van der Waals surface area contributed by atoms with Gasteiger partial charge in [0, 0.05) is 11.8 Å². The van der Waals surface area contributed by atoms with E-state index in [2.05, 4.69) is 5.32 Å². The van der Waals surface area contributed by atoms with E-state index in [1.165, 1.54) is 5.75 Å². The SMILES string of the molecule is CC1(C)NC(=O)CN(C2CCCSC2)C1=O. The number of carbonyl (C=O) groups is 2. The highest BCUT2D eigenvalue weighted by molar-refractivity contribution is 7.99. The molecule has 2 fully saturated rings. The van der Waals surface area contributed by atoms with Gasteiger partial charge in [0.25, 0.3) is 0 Å². The van der Waals surface area contributed by atoms with Crippen LogP contribution in [-0.4, -0.2) is 46.3 Å². The maximum atomic E-state index is 12.2. The molecule has 2 aliphatic rings. The minimum Gasteiger partial charge on any atom is -0.341 e. The van der Waals surface area contributed by atoms with Gasteiger partial charge in [0.2, 0.25) is 11.8 Å². The summed E-state index contributed by atoms with van der Waals surface area (Å²) in [5.41, 5.74) is -0.739.